The number of hydrogen-bond donors (Lipinski definition) is 1. The first-order valence-electron chi connectivity index (χ1n) is 9.38. The lowest BCUT2D eigenvalue weighted by atomic mass is 9.57. The fraction of sp³-hybridized carbons (Fsp3) is 0.524. The third kappa shape index (κ3) is 3.22. The number of hydrogen-bond acceptors (Lipinski definition) is 4. The molecule has 2 aliphatic carbocycles. The number of carbonyl (C=O) groups excluding carboxylic acids is 1. The summed E-state index contributed by atoms with van der Waals surface area (Å²) in [6.45, 7) is 4.48. The van der Waals surface area contributed by atoms with Crippen molar-refractivity contribution in [3.8, 4) is 17.1 Å². The van der Waals surface area contributed by atoms with E-state index >= 15 is 0 Å². The van der Waals surface area contributed by atoms with Crippen LogP contribution in [0.15, 0.2) is 34.9 Å². The highest BCUT2D eigenvalue weighted by atomic mass is 16.5. The standard InChI is InChI=1S/C21H26N2O3/c1-21(2)15(11-19(21)22-20(24)14-4-5-14)10-16-12-18(26-23-16)13-6-8-17(25-3)9-7-13/h6-9,12,14-15,19H,4-5,10-11H2,1-3H3,(H,22,24)/t15-,19+/m1/s1. The minimum Gasteiger partial charge on any atom is -0.497 e. The van der Waals surface area contributed by atoms with E-state index in [0.29, 0.717) is 5.92 Å². The molecule has 26 heavy (non-hydrogen) atoms. The molecule has 0 aliphatic heterocycles. The van der Waals surface area contributed by atoms with Crippen LogP contribution < -0.4 is 10.1 Å². The molecule has 2 aliphatic rings. The van der Waals surface area contributed by atoms with Gasteiger partial charge in [0, 0.05) is 23.6 Å². The summed E-state index contributed by atoms with van der Waals surface area (Å²) < 4.78 is 10.7. The molecular formula is C21H26N2O3. The van der Waals surface area contributed by atoms with Crippen molar-refractivity contribution >= 4 is 5.91 Å². The van der Waals surface area contributed by atoms with Crippen molar-refractivity contribution in [3.63, 3.8) is 0 Å². The van der Waals surface area contributed by atoms with Crippen LogP contribution in [0.25, 0.3) is 11.3 Å². The van der Waals surface area contributed by atoms with E-state index in [0.717, 1.165) is 48.5 Å². The van der Waals surface area contributed by atoms with Crippen LogP contribution in [-0.4, -0.2) is 24.2 Å². The Morgan fingerprint density at radius 1 is 1.31 bits per heavy atom. The molecule has 0 unspecified atom stereocenters. The number of nitrogens with one attached hydrogen (secondary N) is 1. The third-order valence-corrected chi connectivity index (χ3v) is 6.12. The topological polar surface area (TPSA) is 64.4 Å². The Morgan fingerprint density at radius 3 is 2.65 bits per heavy atom. The van der Waals surface area contributed by atoms with Crippen molar-refractivity contribution in [2.75, 3.05) is 7.11 Å². The summed E-state index contributed by atoms with van der Waals surface area (Å²) in [7, 11) is 1.66. The lowest BCUT2D eigenvalue weighted by Gasteiger charge is -2.52. The Kier molecular flexibility index (Phi) is 4.25. The number of carbonyl (C=O) groups is 1. The molecule has 5 nitrogen and oxygen atoms in total. The van der Waals surface area contributed by atoms with Gasteiger partial charge in [0.15, 0.2) is 5.76 Å². The maximum atomic E-state index is 12.0. The summed E-state index contributed by atoms with van der Waals surface area (Å²) in [6.07, 6.45) is 3.99. The zero-order valence-corrected chi connectivity index (χ0v) is 15.6. The van der Waals surface area contributed by atoms with Gasteiger partial charge in [0.2, 0.25) is 5.91 Å². The molecular weight excluding hydrogens is 328 g/mol. The number of benzene rings is 1. The van der Waals surface area contributed by atoms with E-state index < -0.39 is 0 Å². The highest BCUT2D eigenvalue weighted by Crippen LogP contribution is 2.48. The van der Waals surface area contributed by atoms with Crippen LogP contribution in [0.2, 0.25) is 0 Å². The molecule has 0 radical (unpaired) electrons. The highest BCUT2D eigenvalue weighted by Gasteiger charge is 2.49. The van der Waals surface area contributed by atoms with E-state index in [9.17, 15) is 4.79 Å². The first kappa shape index (κ1) is 17.1. The van der Waals surface area contributed by atoms with Crippen molar-refractivity contribution in [2.45, 2.75) is 45.6 Å². The minimum absolute atomic E-state index is 0.0871. The van der Waals surface area contributed by atoms with E-state index in [1.165, 1.54) is 0 Å². The zero-order chi connectivity index (χ0) is 18.3. The molecule has 1 heterocycles. The van der Waals surface area contributed by atoms with Gasteiger partial charge in [-0.25, -0.2) is 0 Å². The summed E-state index contributed by atoms with van der Waals surface area (Å²) in [4.78, 5) is 12.0. The molecule has 1 N–H and O–H groups in total. The normalized spacial score (nSPS) is 24.0. The smallest absolute Gasteiger partial charge is 0.223 e. The Morgan fingerprint density at radius 2 is 2.04 bits per heavy atom. The van der Waals surface area contributed by atoms with Crippen LogP contribution >= 0.6 is 0 Å². The fourth-order valence-electron chi connectivity index (χ4n) is 3.79. The lowest BCUT2D eigenvalue weighted by molar-refractivity contribution is -0.126. The Labute approximate surface area is 154 Å². The summed E-state index contributed by atoms with van der Waals surface area (Å²) in [5, 5.41) is 7.48. The van der Waals surface area contributed by atoms with Crippen LogP contribution in [0.5, 0.6) is 5.75 Å². The minimum atomic E-state index is 0.0871. The van der Waals surface area contributed by atoms with Gasteiger partial charge in [0.05, 0.1) is 12.8 Å². The van der Waals surface area contributed by atoms with Gasteiger partial charge in [-0.05, 0) is 61.3 Å². The van der Waals surface area contributed by atoms with Gasteiger partial charge >= 0.3 is 0 Å². The molecule has 2 saturated carbocycles. The van der Waals surface area contributed by atoms with Gasteiger partial charge in [-0.15, -0.1) is 0 Å². The van der Waals surface area contributed by atoms with Gasteiger partial charge in [-0.1, -0.05) is 19.0 Å². The molecule has 2 atom stereocenters. The van der Waals surface area contributed by atoms with E-state index in [2.05, 4.69) is 24.3 Å². The molecule has 1 aromatic carbocycles. The summed E-state index contributed by atoms with van der Waals surface area (Å²) >= 11 is 0. The lowest BCUT2D eigenvalue weighted by Crippen LogP contribution is -2.59. The fourth-order valence-corrected chi connectivity index (χ4v) is 3.79. The van der Waals surface area contributed by atoms with Gasteiger partial charge in [0.1, 0.15) is 5.75 Å². The number of aromatic nitrogens is 1. The van der Waals surface area contributed by atoms with Crippen molar-refractivity contribution in [1.82, 2.24) is 10.5 Å². The van der Waals surface area contributed by atoms with Gasteiger partial charge in [-0.3, -0.25) is 4.79 Å². The number of rotatable bonds is 6. The first-order chi connectivity index (χ1) is 12.5. The SMILES string of the molecule is COc1ccc(-c2cc(C[C@@H]3C[C@H](NC(=O)C4CC4)C3(C)C)no2)cc1. The second-order valence-electron chi connectivity index (χ2n) is 8.20. The average molecular weight is 354 g/mol. The molecule has 138 valence electrons. The molecule has 5 heteroatoms. The quantitative estimate of drug-likeness (QED) is 0.856. The second-order valence-corrected chi connectivity index (χ2v) is 8.20. The Hall–Kier alpha value is -2.30. The van der Waals surface area contributed by atoms with E-state index in [1.807, 2.05) is 30.3 Å². The first-order valence-corrected chi connectivity index (χ1v) is 9.38. The van der Waals surface area contributed by atoms with Crippen molar-refractivity contribution in [1.29, 1.82) is 0 Å². The third-order valence-electron chi connectivity index (χ3n) is 6.12. The second kappa shape index (κ2) is 6.45. The zero-order valence-electron chi connectivity index (χ0n) is 15.6. The molecule has 0 bridgehead atoms. The van der Waals surface area contributed by atoms with E-state index in [4.69, 9.17) is 9.26 Å². The van der Waals surface area contributed by atoms with Gasteiger partial charge in [-0.2, -0.15) is 0 Å². The predicted octanol–water partition coefficient (Wildman–Crippen LogP) is 3.83. The summed E-state index contributed by atoms with van der Waals surface area (Å²) in [5.74, 6) is 2.61. The maximum absolute atomic E-state index is 12.0. The highest BCUT2D eigenvalue weighted by molar-refractivity contribution is 5.81. The predicted molar refractivity (Wildman–Crippen MR) is 98.7 cm³/mol. The summed E-state index contributed by atoms with van der Waals surface area (Å²) in [6, 6.07) is 10.1. The monoisotopic (exact) mass is 354 g/mol. The van der Waals surface area contributed by atoms with Crippen LogP contribution in [0, 0.1) is 17.3 Å². The molecule has 4 rings (SSSR count). The molecule has 0 spiro atoms. The Bertz CT molecular complexity index is 790. The van der Waals surface area contributed by atoms with Gasteiger partial charge < -0.3 is 14.6 Å². The number of nitrogens with zero attached hydrogens (tertiary/aromatic N) is 1. The molecule has 1 amide bonds. The maximum Gasteiger partial charge on any atom is 0.223 e. The van der Waals surface area contributed by atoms with Crippen molar-refractivity contribution in [2.24, 2.45) is 17.3 Å². The molecule has 2 aromatic rings. The molecule has 2 fully saturated rings. The number of ether oxygens (including phenoxy) is 1. The van der Waals surface area contributed by atoms with Crippen molar-refractivity contribution < 1.29 is 14.1 Å². The summed E-state index contributed by atoms with van der Waals surface area (Å²) in [5.41, 5.74) is 2.05. The number of amides is 1. The van der Waals surface area contributed by atoms with Crippen LogP contribution in [0.4, 0.5) is 0 Å². The molecule has 1 aromatic heterocycles. The van der Waals surface area contributed by atoms with Crippen LogP contribution in [0.3, 0.4) is 0 Å². The number of methoxy groups -OCH3 is 1. The van der Waals surface area contributed by atoms with Crippen LogP contribution in [-0.2, 0) is 11.2 Å². The van der Waals surface area contributed by atoms with Crippen molar-refractivity contribution in [3.05, 3.63) is 36.0 Å². The van der Waals surface area contributed by atoms with Crippen LogP contribution in [0.1, 0.15) is 38.8 Å². The average Bonchev–Trinajstić information content (AvgIpc) is 3.40. The largest absolute Gasteiger partial charge is 0.497 e. The van der Waals surface area contributed by atoms with E-state index in [1.54, 1.807) is 7.11 Å². The van der Waals surface area contributed by atoms with E-state index in [-0.39, 0.29) is 23.3 Å². The Balaban J connectivity index is 1.37. The van der Waals surface area contributed by atoms with Gasteiger partial charge in [0.25, 0.3) is 0 Å². The molecule has 0 saturated heterocycles.